The summed E-state index contributed by atoms with van der Waals surface area (Å²) in [5.41, 5.74) is 1.53. The first kappa shape index (κ1) is 15.0. The fourth-order valence-electron chi connectivity index (χ4n) is 2.89. The minimum atomic E-state index is -0.628. The van der Waals surface area contributed by atoms with Gasteiger partial charge in [-0.15, -0.1) is 0 Å². The summed E-state index contributed by atoms with van der Waals surface area (Å²) in [7, 11) is 0. The van der Waals surface area contributed by atoms with Crippen LogP contribution in [-0.2, 0) is 0 Å². The zero-order chi connectivity index (χ0) is 15.5. The van der Waals surface area contributed by atoms with Crippen molar-refractivity contribution in [1.82, 2.24) is 9.88 Å². The summed E-state index contributed by atoms with van der Waals surface area (Å²) in [6.07, 6.45) is 3.30. The van der Waals surface area contributed by atoms with E-state index in [1.807, 2.05) is 24.3 Å². The largest absolute Gasteiger partial charge is 0.338 e. The molecule has 0 N–H and O–H groups in total. The Morgan fingerprint density at radius 1 is 1.27 bits per heavy atom. The van der Waals surface area contributed by atoms with Crippen LogP contribution in [0.2, 0.25) is 5.02 Å². The van der Waals surface area contributed by atoms with E-state index in [-0.39, 0.29) is 5.91 Å². The molecule has 3 nitrogen and oxygen atoms in total. The Morgan fingerprint density at radius 2 is 2.05 bits per heavy atom. The quantitative estimate of drug-likeness (QED) is 0.787. The number of pyridine rings is 1. The highest BCUT2D eigenvalue weighted by molar-refractivity contribution is 6.30. The van der Waals surface area contributed by atoms with Gasteiger partial charge in [0.05, 0.1) is 0 Å². The lowest BCUT2D eigenvalue weighted by atomic mass is 9.90. The van der Waals surface area contributed by atoms with Gasteiger partial charge in [-0.05, 0) is 36.6 Å². The van der Waals surface area contributed by atoms with Crippen LogP contribution >= 0.6 is 11.6 Å². The Balaban J connectivity index is 1.75. The van der Waals surface area contributed by atoms with Crippen LogP contribution in [0.1, 0.15) is 34.7 Å². The van der Waals surface area contributed by atoms with Crippen molar-refractivity contribution in [1.29, 1.82) is 0 Å². The number of aromatic nitrogens is 1. The van der Waals surface area contributed by atoms with Crippen molar-refractivity contribution >= 4 is 17.5 Å². The molecule has 2 heterocycles. The molecule has 2 aromatic rings. The van der Waals surface area contributed by atoms with Gasteiger partial charge in [0, 0.05) is 41.9 Å². The van der Waals surface area contributed by atoms with Gasteiger partial charge < -0.3 is 4.90 Å². The monoisotopic (exact) mass is 318 g/mol. The first-order valence-electron chi connectivity index (χ1n) is 7.30. The number of carbonyl (C=O) groups is 1. The lowest BCUT2D eigenvalue weighted by molar-refractivity contribution is 0.0706. The number of halogens is 2. The van der Waals surface area contributed by atoms with Crippen LogP contribution in [0.4, 0.5) is 4.39 Å². The van der Waals surface area contributed by atoms with E-state index in [0.717, 1.165) is 12.8 Å². The van der Waals surface area contributed by atoms with Crippen LogP contribution in [0.25, 0.3) is 0 Å². The lowest BCUT2D eigenvalue weighted by Gasteiger charge is -2.33. The number of nitrogens with zero attached hydrogens (tertiary/aromatic N) is 2. The molecule has 1 amide bonds. The van der Waals surface area contributed by atoms with Crippen molar-refractivity contribution in [2.24, 2.45) is 0 Å². The molecule has 3 rings (SSSR count). The SMILES string of the molecule is O=C(c1ccnc(F)c1)N1CCCC(c2ccc(Cl)cc2)C1. The van der Waals surface area contributed by atoms with Crippen LogP contribution in [0.15, 0.2) is 42.6 Å². The maximum absolute atomic E-state index is 13.2. The van der Waals surface area contributed by atoms with E-state index in [9.17, 15) is 9.18 Å². The second kappa shape index (κ2) is 6.44. The molecule has 0 aliphatic carbocycles. The maximum atomic E-state index is 13.2. The summed E-state index contributed by atoms with van der Waals surface area (Å²) in [6.45, 7) is 1.34. The third-order valence-electron chi connectivity index (χ3n) is 4.02. The van der Waals surface area contributed by atoms with Gasteiger partial charge in [0.2, 0.25) is 5.95 Å². The van der Waals surface area contributed by atoms with Crippen LogP contribution in [0.3, 0.4) is 0 Å². The molecule has 1 fully saturated rings. The van der Waals surface area contributed by atoms with Crippen molar-refractivity contribution in [2.75, 3.05) is 13.1 Å². The molecule has 1 aliphatic rings. The molecule has 1 saturated heterocycles. The molecule has 0 bridgehead atoms. The fourth-order valence-corrected chi connectivity index (χ4v) is 3.01. The van der Waals surface area contributed by atoms with E-state index in [4.69, 9.17) is 11.6 Å². The summed E-state index contributed by atoms with van der Waals surface area (Å²) < 4.78 is 13.2. The standard InChI is InChI=1S/C17H16ClFN2O/c18-15-5-3-12(4-6-15)14-2-1-9-21(11-14)17(22)13-7-8-20-16(19)10-13/h3-8,10,14H,1-2,9,11H2. The third-order valence-corrected chi connectivity index (χ3v) is 4.28. The molecule has 1 aromatic heterocycles. The topological polar surface area (TPSA) is 33.2 Å². The molecule has 0 radical (unpaired) electrons. The number of benzene rings is 1. The lowest BCUT2D eigenvalue weighted by Crippen LogP contribution is -2.39. The second-order valence-electron chi connectivity index (χ2n) is 5.51. The number of carbonyl (C=O) groups excluding carboxylic acids is 1. The molecule has 114 valence electrons. The number of amides is 1. The average molecular weight is 319 g/mol. The molecule has 1 unspecified atom stereocenters. The number of rotatable bonds is 2. The smallest absolute Gasteiger partial charge is 0.254 e. The van der Waals surface area contributed by atoms with E-state index >= 15 is 0 Å². The first-order chi connectivity index (χ1) is 10.6. The molecule has 22 heavy (non-hydrogen) atoms. The highest BCUT2D eigenvalue weighted by Gasteiger charge is 2.25. The second-order valence-corrected chi connectivity index (χ2v) is 5.95. The van der Waals surface area contributed by atoms with Gasteiger partial charge >= 0.3 is 0 Å². The fraction of sp³-hybridized carbons (Fsp3) is 0.294. The minimum absolute atomic E-state index is 0.139. The van der Waals surface area contributed by atoms with Gasteiger partial charge in [0.15, 0.2) is 0 Å². The molecule has 1 aliphatic heterocycles. The summed E-state index contributed by atoms with van der Waals surface area (Å²) in [6, 6.07) is 10.5. The Morgan fingerprint density at radius 3 is 2.77 bits per heavy atom. The summed E-state index contributed by atoms with van der Waals surface area (Å²) in [5, 5.41) is 0.708. The highest BCUT2D eigenvalue weighted by Crippen LogP contribution is 2.28. The van der Waals surface area contributed by atoms with Crippen molar-refractivity contribution in [3.8, 4) is 0 Å². The van der Waals surface area contributed by atoms with E-state index in [1.165, 1.54) is 17.8 Å². The van der Waals surface area contributed by atoms with Crippen molar-refractivity contribution < 1.29 is 9.18 Å². The first-order valence-corrected chi connectivity index (χ1v) is 7.67. The van der Waals surface area contributed by atoms with Gasteiger partial charge in [-0.25, -0.2) is 4.98 Å². The van der Waals surface area contributed by atoms with Gasteiger partial charge in [-0.3, -0.25) is 4.79 Å². The number of piperidine rings is 1. The van der Waals surface area contributed by atoms with Crippen LogP contribution in [0.5, 0.6) is 0 Å². The van der Waals surface area contributed by atoms with E-state index in [1.54, 1.807) is 11.0 Å². The number of likely N-dealkylation sites (tertiary alicyclic amines) is 1. The third kappa shape index (κ3) is 3.28. The van der Waals surface area contributed by atoms with Gasteiger partial charge in [-0.2, -0.15) is 4.39 Å². The molecule has 0 spiro atoms. The van der Waals surface area contributed by atoms with Crippen LogP contribution in [0, 0.1) is 5.95 Å². The van der Waals surface area contributed by atoms with E-state index in [2.05, 4.69) is 4.98 Å². The van der Waals surface area contributed by atoms with Crippen molar-refractivity contribution in [3.63, 3.8) is 0 Å². The molecule has 5 heteroatoms. The summed E-state index contributed by atoms with van der Waals surface area (Å²) in [5.74, 6) is -0.473. The predicted octanol–water partition coefficient (Wildman–Crippen LogP) is 3.89. The number of hydrogen-bond acceptors (Lipinski definition) is 2. The average Bonchev–Trinajstić information content (AvgIpc) is 2.55. The normalized spacial score (nSPS) is 18.3. The Labute approximate surface area is 133 Å². The van der Waals surface area contributed by atoms with Gasteiger partial charge in [0.25, 0.3) is 5.91 Å². The highest BCUT2D eigenvalue weighted by atomic mass is 35.5. The maximum Gasteiger partial charge on any atom is 0.254 e. The summed E-state index contributed by atoms with van der Waals surface area (Å²) >= 11 is 5.92. The van der Waals surface area contributed by atoms with Gasteiger partial charge in [0.1, 0.15) is 0 Å². The molecule has 0 saturated carbocycles. The minimum Gasteiger partial charge on any atom is -0.338 e. The number of hydrogen-bond donors (Lipinski definition) is 0. The van der Waals surface area contributed by atoms with Gasteiger partial charge in [-0.1, -0.05) is 23.7 Å². The van der Waals surface area contributed by atoms with E-state index < -0.39 is 5.95 Å². The van der Waals surface area contributed by atoms with E-state index in [0.29, 0.717) is 29.6 Å². The van der Waals surface area contributed by atoms with Crippen molar-refractivity contribution in [3.05, 3.63) is 64.7 Å². The van der Waals surface area contributed by atoms with Crippen molar-refractivity contribution in [2.45, 2.75) is 18.8 Å². The zero-order valence-corrected chi connectivity index (χ0v) is 12.8. The molecule has 1 aromatic carbocycles. The van der Waals surface area contributed by atoms with Crippen LogP contribution < -0.4 is 0 Å². The summed E-state index contributed by atoms with van der Waals surface area (Å²) in [4.78, 5) is 17.8. The molecular formula is C17H16ClFN2O. The Kier molecular flexibility index (Phi) is 4.39. The Hall–Kier alpha value is -1.94. The zero-order valence-electron chi connectivity index (χ0n) is 12.0. The Bertz CT molecular complexity index is 675. The predicted molar refractivity (Wildman–Crippen MR) is 83.5 cm³/mol. The molecular weight excluding hydrogens is 303 g/mol. The van der Waals surface area contributed by atoms with Crippen LogP contribution in [-0.4, -0.2) is 28.9 Å². The molecule has 1 atom stereocenters.